The second kappa shape index (κ2) is 7.91. The van der Waals surface area contributed by atoms with Gasteiger partial charge in [0.2, 0.25) is 11.4 Å². The van der Waals surface area contributed by atoms with E-state index in [1.807, 2.05) is 0 Å². The highest BCUT2D eigenvalue weighted by Gasteiger charge is 2.75. The maximum Gasteiger partial charge on any atom is 0.255 e. The van der Waals surface area contributed by atoms with Gasteiger partial charge in [-0.25, -0.2) is 9.97 Å². The van der Waals surface area contributed by atoms with Crippen molar-refractivity contribution in [1.29, 1.82) is 0 Å². The zero-order chi connectivity index (χ0) is 27.9. The van der Waals surface area contributed by atoms with Crippen LogP contribution in [0, 0.1) is 0 Å². The topological polar surface area (TPSA) is 228 Å². The third-order valence-corrected chi connectivity index (χ3v) is 7.54. The Morgan fingerprint density at radius 3 is 2.29 bits per heavy atom. The lowest BCUT2D eigenvalue weighted by molar-refractivity contribution is -0.216. The first kappa shape index (κ1) is 25.5. The van der Waals surface area contributed by atoms with E-state index in [1.165, 1.54) is 38.6 Å². The quantitative estimate of drug-likeness (QED) is 0.231. The fourth-order valence-corrected chi connectivity index (χ4v) is 6.04. The number of ketones is 2. The fraction of sp³-hybridized carbons (Fsp3) is 0.320. The Kier molecular flexibility index (Phi) is 5.31. The van der Waals surface area contributed by atoms with Gasteiger partial charge in [-0.2, -0.15) is 0 Å². The van der Waals surface area contributed by atoms with Gasteiger partial charge in [-0.15, -0.1) is 0 Å². The number of hydrogen-bond acceptors (Lipinski definition) is 12. The first-order chi connectivity index (χ1) is 17.7. The van der Waals surface area contributed by atoms with E-state index in [2.05, 4.69) is 9.97 Å². The standard InChI is InChI=1S/C25H24N4O9/c1-29(2)18-17(32)14(21(26)35)19(33)25(38)20(34)15-16(31)13-11(8-23(15,36)9-24(18,25)37)10(4-5-12(13)30)22-27-6-3-7-28-22/h3-7,18,30-31,33,36-38H,8-9H2,1-2H3,(H2,26,35)/t18-,23+,24+,25+/m0/s1. The number of primary amides is 1. The molecule has 1 aromatic carbocycles. The van der Waals surface area contributed by atoms with Gasteiger partial charge in [-0.1, -0.05) is 0 Å². The van der Waals surface area contributed by atoms with E-state index in [0.717, 1.165) is 4.90 Å². The van der Waals surface area contributed by atoms with Crippen LogP contribution in [0.1, 0.15) is 17.5 Å². The summed E-state index contributed by atoms with van der Waals surface area (Å²) in [6.07, 6.45) is 1.47. The van der Waals surface area contributed by atoms with Crippen molar-refractivity contribution in [3.05, 3.63) is 58.6 Å². The van der Waals surface area contributed by atoms with E-state index in [4.69, 9.17) is 5.73 Å². The number of nitrogens with zero attached hydrogens (tertiary/aromatic N) is 3. The average Bonchev–Trinajstić information content (AvgIpc) is 2.81. The van der Waals surface area contributed by atoms with Crippen LogP contribution in [0.15, 0.2) is 47.5 Å². The third-order valence-electron chi connectivity index (χ3n) is 7.54. The second-order valence-electron chi connectivity index (χ2n) is 9.95. The Morgan fingerprint density at radius 2 is 1.71 bits per heavy atom. The second-order valence-corrected chi connectivity index (χ2v) is 9.95. The van der Waals surface area contributed by atoms with E-state index < -0.39 is 81.6 Å². The molecule has 0 bridgehead atoms. The van der Waals surface area contributed by atoms with Gasteiger partial charge in [-0.3, -0.25) is 19.3 Å². The number of phenols is 1. The minimum Gasteiger partial charge on any atom is -0.508 e. The molecule has 4 atom stereocenters. The molecule has 1 heterocycles. The lowest BCUT2D eigenvalue weighted by atomic mass is 9.53. The van der Waals surface area contributed by atoms with Crippen LogP contribution in [0.25, 0.3) is 17.1 Å². The summed E-state index contributed by atoms with van der Waals surface area (Å²) in [6.45, 7) is 0. The van der Waals surface area contributed by atoms with Gasteiger partial charge in [-0.05, 0) is 37.9 Å². The summed E-state index contributed by atoms with van der Waals surface area (Å²) in [5.41, 5.74) is -5.16. The van der Waals surface area contributed by atoms with E-state index >= 15 is 0 Å². The van der Waals surface area contributed by atoms with Crippen LogP contribution in [-0.4, -0.2) is 99.9 Å². The average molecular weight is 524 g/mol. The Hall–Kier alpha value is -4.17. The Labute approximate surface area is 214 Å². The number of likely N-dealkylation sites (N-methyl/N-ethyl adjacent to an activating group) is 1. The summed E-state index contributed by atoms with van der Waals surface area (Å²) in [5, 5.41) is 68.1. The Morgan fingerprint density at radius 1 is 1.08 bits per heavy atom. The number of Topliss-reactive ketones (excluding diaryl/α,β-unsaturated/α-hetero) is 2. The van der Waals surface area contributed by atoms with Crippen LogP contribution in [0.4, 0.5) is 0 Å². The number of aromatic hydroxyl groups is 1. The predicted octanol–water partition coefficient (Wildman–Crippen LogP) is -1.35. The number of phenolic OH excluding ortho intramolecular Hbond substituents is 1. The highest BCUT2D eigenvalue weighted by Crippen LogP contribution is 2.56. The summed E-state index contributed by atoms with van der Waals surface area (Å²) in [5.74, 6) is -6.94. The molecule has 5 rings (SSSR count). The number of nitrogens with two attached hydrogens (primary N) is 1. The van der Waals surface area contributed by atoms with Crippen LogP contribution < -0.4 is 5.73 Å². The van der Waals surface area contributed by atoms with E-state index in [1.54, 1.807) is 6.07 Å². The first-order valence-corrected chi connectivity index (χ1v) is 11.4. The van der Waals surface area contributed by atoms with Crippen molar-refractivity contribution in [2.24, 2.45) is 5.73 Å². The van der Waals surface area contributed by atoms with Crippen molar-refractivity contribution in [3.63, 3.8) is 0 Å². The number of aliphatic hydroxyl groups excluding tert-OH is 2. The Bertz CT molecular complexity index is 1500. The first-order valence-electron chi connectivity index (χ1n) is 11.4. The number of carbonyl (C=O) groups is 3. The van der Waals surface area contributed by atoms with Gasteiger partial charge in [0.25, 0.3) is 5.91 Å². The molecule has 38 heavy (non-hydrogen) atoms. The Balaban J connectivity index is 1.83. The van der Waals surface area contributed by atoms with Crippen molar-refractivity contribution in [3.8, 4) is 17.1 Å². The van der Waals surface area contributed by atoms with Crippen LogP contribution in [0.5, 0.6) is 5.75 Å². The molecule has 0 saturated heterocycles. The van der Waals surface area contributed by atoms with Crippen LogP contribution in [0.2, 0.25) is 0 Å². The van der Waals surface area contributed by atoms with Gasteiger partial charge in [0, 0.05) is 30.8 Å². The van der Waals surface area contributed by atoms with Gasteiger partial charge >= 0.3 is 0 Å². The van der Waals surface area contributed by atoms with Crippen LogP contribution in [0.3, 0.4) is 0 Å². The van der Waals surface area contributed by atoms with Crippen molar-refractivity contribution in [2.75, 3.05) is 14.1 Å². The zero-order valence-corrected chi connectivity index (χ0v) is 20.2. The van der Waals surface area contributed by atoms with E-state index in [0.29, 0.717) is 5.56 Å². The number of aliphatic hydroxyl groups is 5. The summed E-state index contributed by atoms with van der Waals surface area (Å²) in [4.78, 5) is 48.6. The minimum atomic E-state index is -3.36. The maximum atomic E-state index is 13.9. The molecule has 1 fully saturated rings. The van der Waals surface area contributed by atoms with Gasteiger partial charge < -0.3 is 36.4 Å². The number of rotatable bonds is 3. The highest BCUT2D eigenvalue weighted by atomic mass is 16.4. The maximum absolute atomic E-state index is 13.9. The van der Waals surface area contributed by atoms with Crippen LogP contribution in [-0.2, 0) is 20.8 Å². The SMILES string of the molecule is CN(C)[C@H]1C(=O)C(C(N)=O)=C(O)[C@@]2(O)C(=O)C3=C(O)c4c(O)ccc(-c5ncccn5)c4C[C@@]3(O)C[C@@]12O. The number of hydrogen-bond donors (Lipinski definition) is 7. The molecule has 1 saturated carbocycles. The van der Waals surface area contributed by atoms with E-state index in [9.17, 15) is 45.0 Å². The summed E-state index contributed by atoms with van der Waals surface area (Å²) in [7, 11) is 2.64. The lowest BCUT2D eigenvalue weighted by Gasteiger charge is -2.57. The molecule has 198 valence electrons. The van der Waals surface area contributed by atoms with Gasteiger partial charge in [0.15, 0.2) is 17.4 Å². The van der Waals surface area contributed by atoms with Gasteiger partial charge in [0.1, 0.15) is 34.3 Å². The highest BCUT2D eigenvalue weighted by molar-refractivity contribution is 6.25. The van der Waals surface area contributed by atoms with Crippen LogP contribution >= 0.6 is 0 Å². The molecule has 0 aliphatic heterocycles. The summed E-state index contributed by atoms with van der Waals surface area (Å²) >= 11 is 0. The number of benzene rings is 1. The fourth-order valence-electron chi connectivity index (χ4n) is 6.04. The van der Waals surface area contributed by atoms with Gasteiger partial charge in [0.05, 0.1) is 11.1 Å². The largest absolute Gasteiger partial charge is 0.508 e. The van der Waals surface area contributed by atoms with Crippen molar-refractivity contribution in [1.82, 2.24) is 14.9 Å². The number of carbonyl (C=O) groups excluding carboxylic acids is 3. The summed E-state index contributed by atoms with van der Waals surface area (Å²) in [6, 6.07) is 2.41. The molecule has 0 radical (unpaired) electrons. The number of amides is 1. The minimum absolute atomic E-state index is 0.128. The molecular weight excluding hydrogens is 500 g/mol. The molecule has 13 heteroatoms. The molecule has 3 aliphatic carbocycles. The zero-order valence-electron chi connectivity index (χ0n) is 20.2. The monoisotopic (exact) mass is 524 g/mol. The molecule has 8 N–H and O–H groups in total. The normalized spacial score (nSPS) is 30.7. The molecular formula is C25H24N4O9. The molecule has 3 aliphatic rings. The predicted molar refractivity (Wildman–Crippen MR) is 128 cm³/mol. The third kappa shape index (κ3) is 2.98. The molecule has 1 amide bonds. The summed E-state index contributed by atoms with van der Waals surface area (Å²) < 4.78 is 0. The lowest BCUT2D eigenvalue weighted by Crippen LogP contribution is -2.79. The number of fused-ring (bicyclic) bond motifs is 3. The van der Waals surface area contributed by atoms with Crippen molar-refractivity contribution >= 4 is 23.2 Å². The molecule has 0 spiro atoms. The van der Waals surface area contributed by atoms with Crippen molar-refractivity contribution < 1.29 is 45.0 Å². The molecule has 2 aromatic rings. The number of aromatic nitrogens is 2. The molecule has 0 unspecified atom stereocenters. The molecule has 1 aromatic heterocycles. The molecule has 13 nitrogen and oxygen atoms in total. The smallest absolute Gasteiger partial charge is 0.255 e. The van der Waals surface area contributed by atoms with E-state index in [-0.39, 0.29) is 17.0 Å². The van der Waals surface area contributed by atoms with Crippen molar-refractivity contribution in [2.45, 2.75) is 35.7 Å².